The minimum absolute atomic E-state index is 0.0463. The molecule has 0 aliphatic heterocycles. The number of carboxylic acid groups (broad SMARTS) is 2. The Hall–Kier alpha value is -1.39. The minimum atomic E-state index is -0.916. The summed E-state index contributed by atoms with van der Waals surface area (Å²) < 4.78 is 0. The molecule has 0 spiro atoms. The van der Waals surface area contributed by atoms with Crippen LogP contribution in [0.2, 0.25) is 0 Å². The molecule has 0 saturated carbocycles. The molecule has 5 heteroatoms. The highest BCUT2D eigenvalue weighted by molar-refractivity contribution is 5.80. The first kappa shape index (κ1) is 12.3. The van der Waals surface area contributed by atoms with Gasteiger partial charge in [-0.3, -0.25) is 9.59 Å². The fraction of sp³-hybridized carbons (Fsp3) is 0.500. The molecule has 0 heterocycles. The molecule has 0 fully saturated rings. The molecular weight excluding hydrogens is 152 g/mol. The van der Waals surface area contributed by atoms with Crippen molar-refractivity contribution in [2.75, 3.05) is 0 Å². The summed E-state index contributed by atoms with van der Waals surface area (Å²) in [6.45, 7) is 1.13. The predicted octanol–water partition coefficient (Wildman–Crippen LogP) is 0.141. The standard InChI is InChI=1S/C5H8O3.CH2O2/c1-4(6)2-3-5(7)8;2-1-3/h2-3H2,1H3,(H,7,8);1H,(H,2,3). The Morgan fingerprint density at radius 2 is 1.73 bits per heavy atom. The van der Waals surface area contributed by atoms with Crippen molar-refractivity contribution in [2.24, 2.45) is 0 Å². The van der Waals surface area contributed by atoms with Crippen molar-refractivity contribution >= 4 is 18.2 Å². The molecule has 0 aromatic rings. The molecule has 5 nitrogen and oxygen atoms in total. The summed E-state index contributed by atoms with van der Waals surface area (Å²) in [6, 6.07) is 0. The van der Waals surface area contributed by atoms with Gasteiger partial charge in [0.2, 0.25) is 0 Å². The monoisotopic (exact) mass is 162 g/mol. The molecule has 0 rings (SSSR count). The van der Waals surface area contributed by atoms with Crippen LogP contribution >= 0.6 is 0 Å². The van der Waals surface area contributed by atoms with Crippen LogP contribution in [0.5, 0.6) is 0 Å². The van der Waals surface area contributed by atoms with Crippen molar-refractivity contribution in [3.63, 3.8) is 0 Å². The molecule has 0 aromatic heterocycles. The van der Waals surface area contributed by atoms with E-state index in [1.165, 1.54) is 6.92 Å². The second-order valence-electron chi connectivity index (χ2n) is 1.70. The second kappa shape index (κ2) is 8.61. The minimum Gasteiger partial charge on any atom is -0.483 e. The van der Waals surface area contributed by atoms with Gasteiger partial charge in [0.05, 0.1) is 6.42 Å². The van der Waals surface area contributed by atoms with Crippen LogP contribution in [-0.2, 0) is 14.4 Å². The maximum Gasteiger partial charge on any atom is 0.303 e. The van der Waals surface area contributed by atoms with Crippen molar-refractivity contribution in [1.29, 1.82) is 0 Å². The Kier molecular flexibility index (Phi) is 9.63. The van der Waals surface area contributed by atoms with Gasteiger partial charge in [-0.15, -0.1) is 0 Å². The Labute approximate surface area is 63.6 Å². The Bertz CT molecular complexity index is 126. The van der Waals surface area contributed by atoms with Crippen LogP contribution in [0.15, 0.2) is 0 Å². The van der Waals surface area contributed by atoms with Gasteiger partial charge in [-0.05, 0) is 6.92 Å². The lowest BCUT2D eigenvalue weighted by molar-refractivity contribution is -0.138. The highest BCUT2D eigenvalue weighted by Gasteiger charge is 1.97. The number of carbonyl (C=O) groups excluding carboxylic acids is 1. The van der Waals surface area contributed by atoms with E-state index in [1.807, 2.05) is 0 Å². The van der Waals surface area contributed by atoms with Gasteiger partial charge in [0.1, 0.15) is 5.78 Å². The topological polar surface area (TPSA) is 91.7 Å². The van der Waals surface area contributed by atoms with Crippen LogP contribution in [-0.4, -0.2) is 28.4 Å². The van der Waals surface area contributed by atoms with E-state index in [9.17, 15) is 9.59 Å². The number of carbonyl (C=O) groups is 3. The normalized spacial score (nSPS) is 7.36. The van der Waals surface area contributed by atoms with Crippen LogP contribution in [0.4, 0.5) is 0 Å². The van der Waals surface area contributed by atoms with E-state index in [1.54, 1.807) is 0 Å². The van der Waals surface area contributed by atoms with Gasteiger partial charge >= 0.3 is 5.97 Å². The van der Waals surface area contributed by atoms with Crippen LogP contribution in [0.3, 0.4) is 0 Å². The second-order valence-corrected chi connectivity index (χ2v) is 1.70. The van der Waals surface area contributed by atoms with Gasteiger partial charge < -0.3 is 15.0 Å². The third-order valence-electron chi connectivity index (χ3n) is 0.691. The first-order chi connectivity index (χ1) is 5.04. The number of ketones is 1. The molecule has 0 unspecified atom stereocenters. The van der Waals surface area contributed by atoms with Gasteiger partial charge in [0.25, 0.3) is 6.47 Å². The van der Waals surface area contributed by atoms with Crippen molar-refractivity contribution in [2.45, 2.75) is 19.8 Å². The molecule has 0 radical (unpaired) electrons. The maximum absolute atomic E-state index is 10.1. The number of hydrogen-bond donors (Lipinski definition) is 2. The summed E-state index contributed by atoms with van der Waals surface area (Å²) in [5.74, 6) is -0.993. The molecule has 0 amide bonds. The molecule has 2 N–H and O–H groups in total. The quantitative estimate of drug-likeness (QED) is 0.576. The fourth-order valence-corrected chi connectivity index (χ4v) is 0.283. The van der Waals surface area contributed by atoms with Gasteiger partial charge in [-0.1, -0.05) is 0 Å². The zero-order valence-electron chi connectivity index (χ0n) is 6.11. The van der Waals surface area contributed by atoms with Crippen LogP contribution in [0.1, 0.15) is 19.8 Å². The van der Waals surface area contributed by atoms with Gasteiger partial charge in [-0.25, -0.2) is 0 Å². The first-order valence-corrected chi connectivity index (χ1v) is 2.83. The fourth-order valence-electron chi connectivity index (χ4n) is 0.283. The Morgan fingerprint density at radius 3 is 1.82 bits per heavy atom. The van der Waals surface area contributed by atoms with E-state index in [4.69, 9.17) is 15.0 Å². The summed E-state index contributed by atoms with van der Waals surface area (Å²) in [4.78, 5) is 28.2. The van der Waals surface area contributed by atoms with E-state index in [2.05, 4.69) is 0 Å². The smallest absolute Gasteiger partial charge is 0.303 e. The summed E-state index contributed by atoms with van der Waals surface area (Å²) in [5, 5.41) is 14.9. The number of rotatable bonds is 3. The lowest BCUT2D eigenvalue weighted by Gasteiger charge is -1.86. The molecule has 64 valence electrons. The Morgan fingerprint density at radius 1 is 1.36 bits per heavy atom. The van der Waals surface area contributed by atoms with Gasteiger partial charge in [0, 0.05) is 6.42 Å². The van der Waals surface area contributed by atoms with E-state index in [-0.39, 0.29) is 25.1 Å². The summed E-state index contributed by atoms with van der Waals surface area (Å²) in [6.07, 6.45) is 0.102. The molecule has 0 aromatic carbocycles. The van der Waals surface area contributed by atoms with Crippen molar-refractivity contribution in [3.05, 3.63) is 0 Å². The van der Waals surface area contributed by atoms with Crippen LogP contribution in [0.25, 0.3) is 0 Å². The highest BCUT2D eigenvalue weighted by Crippen LogP contribution is 1.87. The molecular formula is C6H10O5. The number of hydrogen-bond acceptors (Lipinski definition) is 3. The van der Waals surface area contributed by atoms with Crippen molar-refractivity contribution in [3.8, 4) is 0 Å². The molecule has 0 aliphatic carbocycles. The summed E-state index contributed by atoms with van der Waals surface area (Å²) in [5.41, 5.74) is 0. The Balaban J connectivity index is 0. The highest BCUT2D eigenvalue weighted by atomic mass is 16.4. The molecule has 0 aliphatic rings. The van der Waals surface area contributed by atoms with Gasteiger partial charge in [0.15, 0.2) is 0 Å². The van der Waals surface area contributed by atoms with E-state index in [0.717, 1.165) is 0 Å². The largest absolute Gasteiger partial charge is 0.483 e. The van der Waals surface area contributed by atoms with E-state index in [0.29, 0.717) is 0 Å². The lowest BCUT2D eigenvalue weighted by atomic mass is 10.2. The van der Waals surface area contributed by atoms with Crippen LogP contribution in [0, 0.1) is 0 Å². The zero-order valence-corrected chi connectivity index (χ0v) is 6.11. The van der Waals surface area contributed by atoms with Gasteiger partial charge in [-0.2, -0.15) is 0 Å². The summed E-state index contributed by atoms with van der Waals surface area (Å²) in [7, 11) is 0. The zero-order chi connectivity index (χ0) is 9.28. The van der Waals surface area contributed by atoms with E-state index < -0.39 is 5.97 Å². The molecule has 0 bridgehead atoms. The molecule has 0 atom stereocenters. The number of carboxylic acids is 1. The van der Waals surface area contributed by atoms with Crippen molar-refractivity contribution in [1.82, 2.24) is 0 Å². The average molecular weight is 162 g/mol. The number of Topliss-reactive ketones (excluding diaryl/α,β-unsaturated/α-hetero) is 1. The van der Waals surface area contributed by atoms with E-state index >= 15 is 0 Å². The third-order valence-corrected chi connectivity index (χ3v) is 0.691. The maximum atomic E-state index is 10.1. The predicted molar refractivity (Wildman–Crippen MR) is 36.2 cm³/mol. The van der Waals surface area contributed by atoms with Crippen molar-refractivity contribution < 1.29 is 24.6 Å². The average Bonchev–Trinajstić information content (AvgIpc) is 1.85. The lowest BCUT2D eigenvalue weighted by Crippen LogP contribution is -1.98. The molecule has 0 saturated heterocycles. The molecule has 11 heavy (non-hydrogen) atoms. The van der Waals surface area contributed by atoms with Crippen LogP contribution < -0.4 is 0 Å². The number of aliphatic carboxylic acids is 1. The SMILES string of the molecule is CC(=O)CCC(=O)O.O=CO. The summed E-state index contributed by atoms with van der Waals surface area (Å²) >= 11 is 0. The first-order valence-electron chi connectivity index (χ1n) is 2.83. The third kappa shape index (κ3) is 28.9.